The number of hydrogen-bond acceptors (Lipinski definition) is 5. The SMILES string of the molecule is COC(=O)C(Oc1ccc2[nH]nc(NC(=O)NCc3ccccc3)c2c1)c1ccccc1. The van der Waals surface area contributed by atoms with Crippen molar-refractivity contribution in [2.45, 2.75) is 12.6 Å². The van der Waals surface area contributed by atoms with Gasteiger partial charge in [-0.15, -0.1) is 0 Å². The van der Waals surface area contributed by atoms with Crippen molar-refractivity contribution in [2.75, 3.05) is 12.4 Å². The average Bonchev–Trinajstić information content (AvgIpc) is 3.23. The van der Waals surface area contributed by atoms with E-state index in [1.54, 1.807) is 30.3 Å². The number of esters is 1. The van der Waals surface area contributed by atoms with Gasteiger partial charge in [0, 0.05) is 17.5 Å². The smallest absolute Gasteiger partial charge is 0.351 e. The number of nitrogens with zero attached hydrogens (tertiary/aromatic N) is 1. The molecule has 3 aromatic carbocycles. The van der Waals surface area contributed by atoms with Crippen LogP contribution >= 0.6 is 0 Å². The molecule has 2 amide bonds. The number of anilines is 1. The normalized spacial score (nSPS) is 11.5. The molecular formula is C24H22N4O4. The first-order chi connectivity index (χ1) is 15.6. The van der Waals surface area contributed by atoms with Gasteiger partial charge in [0.2, 0.25) is 6.10 Å². The highest BCUT2D eigenvalue weighted by molar-refractivity contribution is 5.99. The van der Waals surface area contributed by atoms with Gasteiger partial charge in [0.15, 0.2) is 5.82 Å². The number of benzene rings is 3. The molecule has 0 fully saturated rings. The lowest BCUT2D eigenvalue weighted by atomic mass is 10.1. The Morgan fingerprint density at radius 3 is 2.44 bits per heavy atom. The zero-order chi connectivity index (χ0) is 22.3. The minimum Gasteiger partial charge on any atom is -0.474 e. The largest absolute Gasteiger partial charge is 0.474 e. The summed E-state index contributed by atoms with van der Waals surface area (Å²) in [6.45, 7) is 0.390. The van der Waals surface area contributed by atoms with E-state index in [4.69, 9.17) is 9.47 Å². The highest BCUT2D eigenvalue weighted by Gasteiger charge is 2.24. The van der Waals surface area contributed by atoms with Crippen LogP contribution < -0.4 is 15.4 Å². The summed E-state index contributed by atoms with van der Waals surface area (Å²) in [6, 6.07) is 23.5. The molecule has 1 heterocycles. The number of aromatic nitrogens is 2. The minimum absolute atomic E-state index is 0.352. The van der Waals surface area contributed by atoms with Crippen molar-refractivity contribution < 1.29 is 19.1 Å². The molecule has 0 spiro atoms. The fraction of sp³-hybridized carbons (Fsp3) is 0.125. The molecule has 1 aromatic heterocycles. The number of hydrogen-bond donors (Lipinski definition) is 3. The summed E-state index contributed by atoms with van der Waals surface area (Å²) in [4.78, 5) is 24.6. The molecule has 0 saturated carbocycles. The standard InChI is InChI=1S/C24H22N4O4/c1-31-23(29)21(17-10-6-3-7-11-17)32-18-12-13-20-19(14-18)22(28-27-20)26-24(30)25-15-16-8-4-2-5-9-16/h2-14,21H,15H2,1H3,(H3,25,26,27,28,30). The number of ether oxygens (including phenoxy) is 2. The summed E-state index contributed by atoms with van der Waals surface area (Å²) in [7, 11) is 1.32. The molecular weight excluding hydrogens is 408 g/mol. The number of urea groups is 1. The van der Waals surface area contributed by atoms with Gasteiger partial charge in [0.25, 0.3) is 0 Å². The predicted octanol–water partition coefficient (Wildman–Crippen LogP) is 4.18. The minimum atomic E-state index is -0.920. The van der Waals surface area contributed by atoms with E-state index in [1.807, 2.05) is 48.5 Å². The highest BCUT2D eigenvalue weighted by Crippen LogP contribution is 2.29. The maximum absolute atomic E-state index is 12.3. The quantitative estimate of drug-likeness (QED) is 0.382. The van der Waals surface area contributed by atoms with Gasteiger partial charge >= 0.3 is 12.0 Å². The molecule has 1 unspecified atom stereocenters. The summed E-state index contributed by atoms with van der Waals surface area (Å²) in [5, 5.41) is 13.2. The first-order valence-electron chi connectivity index (χ1n) is 10.0. The van der Waals surface area contributed by atoms with E-state index in [0.29, 0.717) is 34.6 Å². The van der Waals surface area contributed by atoms with E-state index in [0.717, 1.165) is 5.56 Å². The Morgan fingerprint density at radius 2 is 1.72 bits per heavy atom. The zero-order valence-electron chi connectivity index (χ0n) is 17.4. The Labute approximate surface area is 184 Å². The van der Waals surface area contributed by atoms with E-state index in [-0.39, 0.29) is 6.03 Å². The van der Waals surface area contributed by atoms with Crippen LogP contribution in [0.3, 0.4) is 0 Å². The Balaban J connectivity index is 1.50. The van der Waals surface area contributed by atoms with Crippen molar-refractivity contribution >= 4 is 28.7 Å². The summed E-state index contributed by atoms with van der Waals surface area (Å²) in [5.74, 6) is 0.276. The third-order valence-electron chi connectivity index (χ3n) is 4.83. The molecule has 3 N–H and O–H groups in total. The first-order valence-corrected chi connectivity index (χ1v) is 10.0. The van der Waals surface area contributed by atoms with Crippen LogP contribution in [0.25, 0.3) is 10.9 Å². The molecule has 4 rings (SSSR count). The van der Waals surface area contributed by atoms with Crippen molar-refractivity contribution in [3.63, 3.8) is 0 Å². The number of fused-ring (bicyclic) bond motifs is 1. The Hall–Kier alpha value is -4.33. The first kappa shape index (κ1) is 20.9. The van der Waals surface area contributed by atoms with Gasteiger partial charge in [-0.1, -0.05) is 60.7 Å². The topological polar surface area (TPSA) is 105 Å². The third-order valence-corrected chi connectivity index (χ3v) is 4.83. The van der Waals surface area contributed by atoms with Crippen LogP contribution in [0.1, 0.15) is 17.2 Å². The number of rotatable bonds is 7. The molecule has 8 heteroatoms. The fourth-order valence-corrected chi connectivity index (χ4v) is 3.21. The van der Waals surface area contributed by atoms with Gasteiger partial charge in [0.05, 0.1) is 12.6 Å². The van der Waals surface area contributed by atoms with Crippen molar-refractivity contribution in [2.24, 2.45) is 0 Å². The van der Waals surface area contributed by atoms with Gasteiger partial charge in [-0.3, -0.25) is 10.4 Å². The lowest BCUT2D eigenvalue weighted by molar-refractivity contribution is -0.149. The number of amides is 2. The van der Waals surface area contributed by atoms with Crippen LogP contribution in [0.4, 0.5) is 10.6 Å². The predicted molar refractivity (Wildman–Crippen MR) is 120 cm³/mol. The number of nitrogens with one attached hydrogen (secondary N) is 3. The van der Waals surface area contributed by atoms with Gasteiger partial charge < -0.3 is 14.8 Å². The second kappa shape index (κ2) is 9.65. The van der Waals surface area contributed by atoms with Crippen molar-refractivity contribution in [1.29, 1.82) is 0 Å². The lowest BCUT2D eigenvalue weighted by Gasteiger charge is -2.17. The third kappa shape index (κ3) is 4.86. The van der Waals surface area contributed by atoms with Crippen LogP contribution in [0.15, 0.2) is 78.9 Å². The Bertz CT molecular complexity index is 1210. The highest BCUT2D eigenvalue weighted by atomic mass is 16.6. The molecule has 8 nitrogen and oxygen atoms in total. The average molecular weight is 430 g/mol. The molecule has 4 aromatic rings. The Kier molecular flexibility index (Phi) is 6.31. The van der Waals surface area contributed by atoms with Crippen molar-refractivity contribution in [1.82, 2.24) is 15.5 Å². The monoisotopic (exact) mass is 430 g/mol. The van der Waals surface area contributed by atoms with Gasteiger partial charge in [-0.05, 0) is 23.8 Å². The second-order valence-corrected chi connectivity index (χ2v) is 7.00. The summed E-state index contributed by atoms with van der Waals surface area (Å²) in [5.41, 5.74) is 2.37. The zero-order valence-corrected chi connectivity index (χ0v) is 17.4. The van der Waals surface area contributed by atoms with Gasteiger partial charge in [-0.25, -0.2) is 9.59 Å². The number of aromatic amines is 1. The molecule has 0 aliphatic heterocycles. The van der Waals surface area contributed by atoms with Gasteiger partial charge in [0.1, 0.15) is 5.75 Å². The van der Waals surface area contributed by atoms with E-state index < -0.39 is 12.1 Å². The number of H-pyrrole nitrogens is 1. The van der Waals surface area contributed by atoms with E-state index in [2.05, 4.69) is 20.8 Å². The molecule has 0 radical (unpaired) electrons. The summed E-state index contributed by atoms with van der Waals surface area (Å²) >= 11 is 0. The maximum atomic E-state index is 12.3. The van der Waals surface area contributed by atoms with Crippen molar-refractivity contribution in [3.8, 4) is 5.75 Å². The lowest BCUT2D eigenvalue weighted by Crippen LogP contribution is -2.28. The number of carbonyl (C=O) groups excluding carboxylic acids is 2. The van der Waals surface area contributed by atoms with E-state index in [1.165, 1.54) is 7.11 Å². The van der Waals surface area contributed by atoms with E-state index in [9.17, 15) is 9.59 Å². The molecule has 162 valence electrons. The van der Waals surface area contributed by atoms with Crippen LogP contribution in [0.5, 0.6) is 5.75 Å². The molecule has 0 aliphatic carbocycles. The number of carbonyl (C=O) groups is 2. The van der Waals surface area contributed by atoms with Crippen molar-refractivity contribution in [3.05, 3.63) is 90.0 Å². The molecule has 32 heavy (non-hydrogen) atoms. The fourth-order valence-electron chi connectivity index (χ4n) is 3.21. The van der Waals surface area contributed by atoms with Crippen LogP contribution in [0.2, 0.25) is 0 Å². The molecule has 0 aliphatic rings. The van der Waals surface area contributed by atoms with Crippen LogP contribution in [0, 0.1) is 0 Å². The van der Waals surface area contributed by atoms with Gasteiger partial charge in [-0.2, -0.15) is 5.10 Å². The number of methoxy groups -OCH3 is 1. The summed E-state index contributed by atoms with van der Waals surface area (Å²) < 4.78 is 10.9. The Morgan fingerprint density at radius 1 is 1.00 bits per heavy atom. The summed E-state index contributed by atoms with van der Waals surface area (Å²) in [6.07, 6.45) is -0.920. The maximum Gasteiger partial charge on any atom is 0.351 e. The molecule has 0 saturated heterocycles. The van der Waals surface area contributed by atoms with E-state index >= 15 is 0 Å². The van der Waals surface area contributed by atoms with Crippen LogP contribution in [-0.4, -0.2) is 29.3 Å². The molecule has 0 bridgehead atoms. The second-order valence-electron chi connectivity index (χ2n) is 7.00. The molecule has 1 atom stereocenters. The van der Waals surface area contributed by atoms with Crippen LogP contribution in [-0.2, 0) is 16.1 Å².